The van der Waals surface area contributed by atoms with E-state index in [0.29, 0.717) is 12.2 Å². The number of rotatable bonds is 1. The first kappa shape index (κ1) is 23.1. The molecule has 114 valence electrons. The standard InChI is InChI=1S/C6H10O.C4H8O.C3H6O.C2H6O/c7-6-4-2-1-3-5-6;1-3-4(2)5;1-3(2)4;1-2-3/h1-5H2;3H2,1-2H3;1-2H3;3H,2H2,1H3. The molecule has 0 spiro atoms. The van der Waals surface area contributed by atoms with Gasteiger partial charge in [-0.3, -0.25) is 4.79 Å². The Bertz CT molecular complexity index is 222. The fourth-order valence-corrected chi connectivity index (χ4v) is 0.946. The molecular formula is C15H30O4. The summed E-state index contributed by atoms with van der Waals surface area (Å²) in [5.41, 5.74) is 0. The number of ketones is 3. The second-order valence-electron chi connectivity index (χ2n) is 4.38. The smallest absolute Gasteiger partial charge is 0.132 e. The second-order valence-corrected chi connectivity index (χ2v) is 4.38. The first-order chi connectivity index (χ1) is 8.81. The molecule has 1 aliphatic carbocycles. The molecule has 0 unspecified atom stereocenters. The third kappa shape index (κ3) is 47.3. The molecule has 0 radical (unpaired) electrons. The lowest BCUT2D eigenvalue weighted by atomic mass is 10.00. The van der Waals surface area contributed by atoms with Crippen molar-refractivity contribution in [3.8, 4) is 0 Å². The average molecular weight is 274 g/mol. The van der Waals surface area contributed by atoms with Crippen LogP contribution in [0.1, 0.15) is 73.1 Å². The van der Waals surface area contributed by atoms with Crippen molar-refractivity contribution in [1.29, 1.82) is 0 Å². The molecule has 1 rings (SSSR count). The number of hydrogen-bond donors (Lipinski definition) is 1. The Hall–Kier alpha value is -1.03. The Balaban J connectivity index is -0.000000191. The van der Waals surface area contributed by atoms with E-state index < -0.39 is 0 Å². The summed E-state index contributed by atoms with van der Waals surface area (Å²) in [5.74, 6) is 0.885. The van der Waals surface area contributed by atoms with Crippen LogP contribution in [0.25, 0.3) is 0 Å². The summed E-state index contributed by atoms with van der Waals surface area (Å²) in [5, 5.41) is 7.57. The second kappa shape index (κ2) is 19.3. The quantitative estimate of drug-likeness (QED) is 0.797. The highest BCUT2D eigenvalue weighted by Gasteiger charge is 2.05. The van der Waals surface area contributed by atoms with Gasteiger partial charge in [0.25, 0.3) is 0 Å². The maximum absolute atomic E-state index is 10.5. The number of Topliss-reactive ketones (excluding diaryl/α,β-unsaturated/α-hetero) is 3. The number of aliphatic hydroxyl groups excluding tert-OH is 1. The fraction of sp³-hybridized carbons (Fsp3) is 0.800. The first-order valence-corrected chi connectivity index (χ1v) is 6.90. The molecule has 0 bridgehead atoms. The third-order valence-corrected chi connectivity index (χ3v) is 1.91. The Morgan fingerprint density at radius 1 is 1.00 bits per heavy atom. The molecule has 4 heteroatoms. The maximum Gasteiger partial charge on any atom is 0.132 e. The minimum atomic E-state index is 0.167. The van der Waals surface area contributed by atoms with Gasteiger partial charge in [0, 0.05) is 25.9 Å². The van der Waals surface area contributed by atoms with Crippen molar-refractivity contribution in [2.45, 2.75) is 73.1 Å². The molecule has 0 aromatic carbocycles. The van der Waals surface area contributed by atoms with Gasteiger partial charge in [-0.1, -0.05) is 13.3 Å². The molecule has 0 aromatic rings. The van der Waals surface area contributed by atoms with E-state index in [1.165, 1.54) is 20.3 Å². The van der Waals surface area contributed by atoms with Crippen molar-refractivity contribution in [1.82, 2.24) is 0 Å². The summed E-state index contributed by atoms with van der Waals surface area (Å²) < 4.78 is 0. The average Bonchev–Trinajstić information content (AvgIpc) is 2.31. The highest BCUT2D eigenvalue weighted by atomic mass is 16.2. The highest BCUT2D eigenvalue weighted by Crippen LogP contribution is 2.12. The largest absolute Gasteiger partial charge is 0.397 e. The van der Waals surface area contributed by atoms with Crippen molar-refractivity contribution >= 4 is 17.3 Å². The summed E-state index contributed by atoms with van der Waals surface area (Å²) in [7, 11) is 0. The van der Waals surface area contributed by atoms with E-state index in [9.17, 15) is 14.4 Å². The molecule has 4 nitrogen and oxygen atoms in total. The fourth-order valence-electron chi connectivity index (χ4n) is 0.946. The van der Waals surface area contributed by atoms with Crippen molar-refractivity contribution in [2.75, 3.05) is 6.61 Å². The van der Waals surface area contributed by atoms with E-state index in [2.05, 4.69) is 0 Å². The molecule has 0 amide bonds. The number of carbonyl (C=O) groups is 3. The molecule has 0 aromatic heterocycles. The Morgan fingerprint density at radius 3 is 1.37 bits per heavy atom. The normalized spacial score (nSPS) is 12.6. The van der Waals surface area contributed by atoms with Gasteiger partial charge < -0.3 is 14.7 Å². The molecular weight excluding hydrogens is 244 g/mol. The van der Waals surface area contributed by atoms with E-state index in [0.717, 1.165) is 25.7 Å². The predicted octanol–water partition coefficient (Wildman–Crippen LogP) is 3.10. The van der Waals surface area contributed by atoms with Crippen LogP contribution in [0, 0.1) is 0 Å². The van der Waals surface area contributed by atoms with Crippen molar-refractivity contribution in [3.63, 3.8) is 0 Å². The van der Waals surface area contributed by atoms with Gasteiger partial charge in [0.15, 0.2) is 0 Å². The lowest BCUT2D eigenvalue weighted by Crippen LogP contribution is -2.02. The first-order valence-electron chi connectivity index (χ1n) is 6.90. The Morgan fingerprint density at radius 2 is 1.26 bits per heavy atom. The zero-order chi connectivity index (χ0) is 15.7. The monoisotopic (exact) mass is 274 g/mol. The molecule has 0 saturated heterocycles. The Labute approximate surface area is 117 Å². The number of hydrogen-bond acceptors (Lipinski definition) is 4. The molecule has 19 heavy (non-hydrogen) atoms. The molecule has 1 fully saturated rings. The van der Waals surface area contributed by atoms with Gasteiger partial charge >= 0.3 is 0 Å². The lowest BCUT2D eigenvalue weighted by Gasteiger charge is -2.05. The molecule has 0 heterocycles. The van der Waals surface area contributed by atoms with Gasteiger partial charge in [-0.05, 0) is 40.5 Å². The van der Waals surface area contributed by atoms with Crippen LogP contribution in [-0.2, 0) is 14.4 Å². The van der Waals surface area contributed by atoms with Crippen molar-refractivity contribution in [2.24, 2.45) is 0 Å². The van der Waals surface area contributed by atoms with Crippen LogP contribution in [0.2, 0.25) is 0 Å². The van der Waals surface area contributed by atoms with Gasteiger partial charge in [-0.15, -0.1) is 0 Å². The zero-order valence-corrected chi connectivity index (χ0v) is 13.1. The van der Waals surface area contributed by atoms with E-state index in [1.807, 2.05) is 6.92 Å². The van der Waals surface area contributed by atoms with E-state index in [1.54, 1.807) is 13.8 Å². The van der Waals surface area contributed by atoms with Gasteiger partial charge in [-0.25, -0.2) is 0 Å². The molecule has 1 saturated carbocycles. The van der Waals surface area contributed by atoms with Crippen LogP contribution in [0.4, 0.5) is 0 Å². The summed E-state index contributed by atoms with van der Waals surface area (Å²) in [6, 6.07) is 0. The van der Waals surface area contributed by atoms with Crippen molar-refractivity contribution < 1.29 is 19.5 Å². The summed E-state index contributed by atoms with van der Waals surface area (Å²) in [6.07, 6.45) is 5.91. The molecule has 0 aliphatic heterocycles. The topological polar surface area (TPSA) is 71.4 Å². The van der Waals surface area contributed by atoms with E-state index >= 15 is 0 Å². The van der Waals surface area contributed by atoms with Crippen LogP contribution in [-0.4, -0.2) is 29.1 Å². The zero-order valence-electron chi connectivity index (χ0n) is 13.1. The minimum absolute atomic E-state index is 0.167. The van der Waals surface area contributed by atoms with Crippen LogP contribution in [0.5, 0.6) is 0 Å². The SMILES string of the molecule is CC(C)=O.CCC(C)=O.CCO.O=C1CCCCC1. The Kier molecular flexibility index (Phi) is 23.5. The van der Waals surface area contributed by atoms with Crippen LogP contribution in [0.15, 0.2) is 0 Å². The van der Waals surface area contributed by atoms with E-state index in [4.69, 9.17) is 5.11 Å². The summed E-state index contributed by atoms with van der Waals surface area (Å²) in [4.78, 5) is 29.7. The summed E-state index contributed by atoms with van der Waals surface area (Å²) >= 11 is 0. The lowest BCUT2D eigenvalue weighted by molar-refractivity contribution is -0.120. The van der Waals surface area contributed by atoms with Gasteiger partial charge in [0.2, 0.25) is 0 Å². The maximum atomic E-state index is 10.5. The minimum Gasteiger partial charge on any atom is -0.397 e. The van der Waals surface area contributed by atoms with Crippen molar-refractivity contribution in [3.05, 3.63) is 0 Å². The third-order valence-electron chi connectivity index (χ3n) is 1.91. The van der Waals surface area contributed by atoms with Gasteiger partial charge in [0.05, 0.1) is 0 Å². The van der Waals surface area contributed by atoms with Crippen LogP contribution < -0.4 is 0 Å². The molecule has 1 aliphatic rings. The van der Waals surface area contributed by atoms with Gasteiger partial charge in [0.1, 0.15) is 17.3 Å². The number of carbonyl (C=O) groups excluding carboxylic acids is 3. The number of aliphatic hydroxyl groups is 1. The van der Waals surface area contributed by atoms with Gasteiger partial charge in [-0.2, -0.15) is 0 Å². The van der Waals surface area contributed by atoms with Crippen LogP contribution >= 0.6 is 0 Å². The molecule has 0 atom stereocenters. The summed E-state index contributed by atoms with van der Waals surface area (Å²) in [6.45, 7) is 8.42. The van der Waals surface area contributed by atoms with E-state index in [-0.39, 0.29) is 18.2 Å². The van der Waals surface area contributed by atoms with Crippen LogP contribution in [0.3, 0.4) is 0 Å². The predicted molar refractivity (Wildman–Crippen MR) is 78.2 cm³/mol. The highest BCUT2D eigenvalue weighted by molar-refractivity contribution is 5.78. The molecule has 1 N–H and O–H groups in total.